The number of nitrogen functional groups attached to an aromatic ring is 1. The third-order valence-electron chi connectivity index (χ3n) is 2.28. The molecule has 1 aromatic carbocycles. The van der Waals surface area contributed by atoms with E-state index < -0.39 is 0 Å². The highest BCUT2D eigenvalue weighted by Crippen LogP contribution is 2.22. The maximum Gasteiger partial charge on any atom is 0.236 e. The molecule has 3 rings (SSSR count). The van der Waals surface area contributed by atoms with Gasteiger partial charge in [-0.05, 0) is 13.0 Å². The highest BCUT2D eigenvalue weighted by molar-refractivity contribution is 7.20. The molecule has 0 saturated heterocycles. The molecule has 0 bridgehead atoms. The van der Waals surface area contributed by atoms with Crippen molar-refractivity contribution in [3.63, 3.8) is 0 Å². The van der Waals surface area contributed by atoms with Crippen LogP contribution in [0.5, 0.6) is 0 Å². The summed E-state index contributed by atoms with van der Waals surface area (Å²) in [5, 5.41) is 12.8. The van der Waals surface area contributed by atoms with Crippen LogP contribution >= 0.6 is 11.3 Å². The van der Waals surface area contributed by atoms with Gasteiger partial charge < -0.3 is 5.73 Å². The smallest absolute Gasteiger partial charge is 0.236 e. The van der Waals surface area contributed by atoms with E-state index in [2.05, 4.69) is 15.3 Å². The third-order valence-corrected chi connectivity index (χ3v) is 3.01. The summed E-state index contributed by atoms with van der Waals surface area (Å²) in [4.78, 5) is 0.717. The minimum atomic E-state index is 0.499. The van der Waals surface area contributed by atoms with Gasteiger partial charge in [0.05, 0.1) is 0 Å². The first-order valence-corrected chi connectivity index (χ1v) is 5.60. The van der Waals surface area contributed by atoms with Crippen molar-refractivity contribution in [2.75, 3.05) is 5.73 Å². The minimum Gasteiger partial charge on any atom is -0.374 e. The zero-order valence-electron chi connectivity index (χ0n) is 8.58. The van der Waals surface area contributed by atoms with Crippen molar-refractivity contribution in [3.8, 4) is 11.4 Å². The van der Waals surface area contributed by atoms with Gasteiger partial charge in [-0.1, -0.05) is 35.1 Å². The lowest BCUT2D eigenvalue weighted by Gasteiger charge is -1.97. The lowest BCUT2D eigenvalue weighted by atomic mass is 10.1. The Morgan fingerprint density at radius 3 is 3.00 bits per heavy atom. The number of benzene rings is 1. The second-order valence-corrected chi connectivity index (χ2v) is 4.52. The van der Waals surface area contributed by atoms with Crippen molar-refractivity contribution < 1.29 is 0 Å². The topological polar surface area (TPSA) is 69.1 Å². The number of nitrogens with zero attached hydrogens (tertiary/aromatic N) is 4. The summed E-state index contributed by atoms with van der Waals surface area (Å²) in [6, 6.07) is 8.06. The highest BCUT2D eigenvalue weighted by atomic mass is 32.1. The van der Waals surface area contributed by atoms with E-state index >= 15 is 0 Å². The van der Waals surface area contributed by atoms with Crippen LogP contribution in [0.25, 0.3) is 16.3 Å². The van der Waals surface area contributed by atoms with Crippen LogP contribution in [-0.2, 0) is 0 Å². The summed E-state index contributed by atoms with van der Waals surface area (Å²) in [5.41, 5.74) is 7.81. The summed E-state index contributed by atoms with van der Waals surface area (Å²) in [6.07, 6.45) is 0. The average molecular weight is 231 g/mol. The van der Waals surface area contributed by atoms with E-state index in [1.54, 1.807) is 4.52 Å². The maximum atomic E-state index is 5.63. The van der Waals surface area contributed by atoms with Crippen molar-refractivity contribution in [2.24, 2.45) is 0 Å². The second kappa shape index (κ2) is 3.28. The number of hydrogen-bond donors (Lipinski definition) is 1. The van der Waals surface area contributed by atoms with E-state index in [-0.39, 0.29) is 0 Å². The predicted octanol–water partition coefficient (Wildman–Crippen LogP) is 1.74. The molecule has 2 aromatic heterocycles. The van der Waals surface area contributed by atoms with Crippen LogP contribution in [0, 0.1) is 6.92 Å². The van der Waals surface area contributed by atoms with Gasteiger partial charge in [0.15, 0.2) is 5.82 Å². The van der Waals surface area contributed by atoms with Gasteiger partial charge in [0, 0.05) is 5.56 Å². The Morgan fingerprint density at radius 2 is 2.19 bits per heavy atom. The Morgan fingerprint density at radius 1 is 1.31 bits per heavy atom. The molecule has 0 amide bonds. The van der Waals surface area contributed by atoms with E-state index in [9.17, 15) is 0 Å². The number of fused-ring (bicyclic) bond motifs is 1. The molecule has 0 radical (unpaired) electrons. The number of nitrogens with two attached hydrogens (primary N) is 1. The van der Waals surface area contributed by atoms with Crippen LogP contribution in [-0.4, -0.2) is 19.8 Å². The third kappa shape index (κ3) is 1.35. The molecule has 0 aliphatic carbocycles. The molecule has 0 atom stereocenters. The first kappa shape index (κ1) is 9.29. The fraction of sp³-hybridized carbons (Fsp3) is 0.100. The maximum absolute atomic E-state index is 5.63. The predicted molar refractivity (Wildman–Crippen MR) is 63.2 cm³/mol. The van der Waals surface area contributed by atoms with Crippen LogP contribution < -0.4 is 5.73 Å². The van der Waals surface area contributed by atoms with E-state index in [1.165, 1.54) is 16.9 Å². The van der Waals surface area contributed by atoms with Crippen molar-refractivity contribution in [1.29, 1.82) is 0 Å². The Hall–Kier alpha value is -1.95. The monoisotopic (exact) mass is 231 g/mol. The molecule has 0 spiro atoms. The number of anilines is 1. The zero-order valence-corrected chi connectivity index (χ0v) is 9.40. The molecule has 5 nitrogen and oxygen atoms in total. The van der Waals surface area contributed by atoms with Crippen molar-refractivity contribution >= 4 is 21.4 Å². The van der Waals surface area contributed by atoms with Crippen molar-refractivity contribution in [1.82, 2.24) is 19.8 Å². The van der Waals surface area contributed by atoms with Crippen LogP contribution in [0.2, 0.25) is 0 Å². The molecule has 2 heterocycles. The van der Waals surface area contributed by atoms with Gasteiger partial charge in [-0.3, -0.25) is 0 Å². The molecular formula is C10H9N5S. The van der Waals surface area contributed by atoms with E-state index in [4.69, 9.17) is 5.73 Å². The fourth-order valence-corrected chi connectivity index (χ4v) is 2.20. The van der Waals surface area contributed by atoms with Crippen LogP contribution in [0.3, 0.4) is 0 Å². The van der Waals surface area contributed by atoms with E-state index in [0.29, 0.717) is 10.1 Å². The van der Waals surface area contributed by atoms with Gasteiger partial charge in [-0.15, -0.1) is 15.3 Å². The molecule has 0 fully saturated rings. The molecule has 3 aromatic rings. The standard InChI is InChI=1S/C10H9N5S/c1-6-3-2-4-7(5-6)8-12-13-10-15(8)14-9(11)16-10/h2-5H,1H3,(H2,11,14). The lowest BCUT2D eigenvalue weighted by molar-refractivity contribution is 0.972. The van der Waals surface area contributed by atoms with Gasteiger partial charge in [-0.2, -0.15) is 4.52 Å². The molecule has 0 aliphatic heterocycles. The summed E-state index contributed by atoms with van der Waals surface area (Å²) in [7, 11) is 0. The number of aromatic nitrogens is 4. The van der Waals surface area contributed by atoms with Gasteiger partial charge in [0.1, 0.15) is 0 Å². The van der Waals surface area contributed by atoms with E-state index in [1.807, 2.05) is 31.2 Å². The Bertz CT molecular complexity index is 654. The van der Waals surface area contributed by atoms with Crippen LogP contribution in [0.4, 0.5) is 5.13 Å². The fourth-order valence-electron chi connectivity index (χ4n) is 1.60. The Kier molecular flexibility index (Phi) is 1.90. The van der Waals surface area contributed by atoms with Crippen molar-refractivity contribution in [2.45, 2.75) is 6.92 Å². The van der Waals surface area contributed by atoms with Gasteiger partial charge in [0.2, 0.25) is 10.1 Å². The largest absolute Gasteiger partial charge is 0.374 e. The highest BCUT2D eigenvalue weighted by Gasteiger charge is 2.11. The summed E-state index contributed by atoms with van der Waals surface area (Å²) in [6.45, 7) is 2.04. The molecule has 16 heavy (non-hydrogen) atoms. The zero-order chi connectivity index (χ0) is 11.1. The molecule has 0 aliphatic rings. The first-order chi connectivity index (χ1) is 7.74. The number of aryl methyl sites for hydroxylation is 1. The van der Waals surface area contributed by atoms with Gasteiger partial charge in [0.25, 0.3) is 0 Å². The molecule has 6 heteroatoms. The minimum absolute atomic E-state index is 0.499. The molecule has 0 saturated carbocycles. The molecule has 0 unspecified atom stereocenters. The quantitative estimate of drug-likeness (QED) is 0.692. The number of hydrogen-bond acceptors (Lipinski definition) is 5. The summed E-state index contributed by atoms with van der Waals surface area (Å²) in [5.74, 6) is 0.728. The summed E-state index contributed by atoms with van der Waals surface area (Å²) < 4.78 is 1.68. The average Bonchev–Trinajstić information content (AvgIpc) is 2.76. The van der Waals surface area contributed by atoms with Crippen molar-refractivity contribution in [3.05, 3.63) is 29.8 Å². The van der Waals surface area contributed by atoms with Gasteiger partial charge in [-0.25, -0.2) is 0 Å². The van der Waals surface area contributed by atoms with E-state index in [0.717, 1.165) is 11.4 Å². The first-order valence-electron chi connectivity index (χ1n) is 4.79. The SMILES string of the molecule is Cc1cccc(-c2nnc3sc(N)nn23)c1. The Labute approximate surface area is 95.5 Å². The van der Waals surface area contributed by atoms with Crippen LogP contribution in [0.1, 0.15) is 5.56 Å². The van der Waals surface area contributed by atoms with Gasteiger partial charge >= 0.3 is 0 Å². The molecular weight excluding hydrogens is 222 g/mol. The lowest BCUT2D eigenvalue weighted by Crippen LogP contribution is -1.92. The Balaban J connectivity index is 2.25. The van der Waals surface area contributed by atoms with Crippen LogP contribution in [0.15, 0.2) is 24.3 Å². The second-order valence-electron chi connectivity index (χ2n) is 3.53. The summed E-state index contributed by atoms with van der Waals surface area (Å²) >= 11 is 1.33. The normalized spacial score (nSPS) is 11.1. The molecule has 2 N–H and O–H groups in total. The molecule has 80 valence electrons. The number of rotatable bonds is 1.